The molecule has 0 saturated heterocycles. The molecule has 0 fully saturated rings. The van der Waals surface area contributed by atoms with Crippen molar-refractivity contribution in [2.75, 3.05) is 0 Å². The van der Waals surface area contributed by atoms with Gasteiger partial charge in [-0.05, 0) is 47.5 Å². The molecule has 0 bridgehead atoms. The molecule has 2 nitrogen and oxygen atoms in total. The summed E-state index contributed by atoms with van der Waals surface area (Å²) in [5, 5.41) is 5.08. The Kier molecular flexibility index (Phi) is 4.22. The smallest absolute Gasteiger partial charge is 0.0789 e. The minimum atomic E-state index is 1.08. The largest absolute Gasteiger partial charge is 0.307 e. The Bertz CT molecular complexity index is 2280. The number of hydrogen-bond donors (Lipinski definition) is 0. The fraction of sp³-hybridized carbons (Fsp3) is 0. The van der Waals surface area contributed by atoms with Crippen LogP contribution < -0.4 is 0 Å². The van der Waals surface area contributed by atoms with Crippen LogP contribution in [0.15, 0.2) is 132 Å². The van der Waals surface area contributed by atoms with Crippen LogP contribution in [0.1, 0.15) is 0 Å². The Hall–Kier alpha value is -4.60. The lowest BCUT2D eigenvalue weighted by Gasteiger charge is -2.14. The summed E-state index contributed by atoms with van der Waals surface area (Å²) >= 11 is 3.64. The SMILES string of the molecule is Brc1ccc(-n2c3ccccc3c3ccc4c5cccc6c5n(c4c32)-c2ccccc2-c2ccccc2-6)cc1. The van der Waals surface area contributed by atoms with Gasteiger partial charge in [0.2, 0.25) is 0 Å². The van der Waals surface area contributed by atoms with Crippen molar-refractivity contribution in [1.29, 1.82) is 0 Å². The van der Waals surface area contributed by atoms with E-state index >= 15 is 0 Å². The summed E-state index contributed by atoms with van der Waals surface area (Å²) in [5.41, 5.74) is 12.4. The van der Waals surface area contributed by atoms with Crippen LogP contribution in [0.3, 0.4) is 0 Å². The molecule has 6 aromatic carbocycles. The Morgan fingerprint density at radius 1 is 0.385 bits per heavy atom. The molecule has 0 N–H and O–H groups in total. The van der Waals surface area contributed by atoms with Crippen LogP contribution in [0.25, 0.3) is 77.2 Å². The molecule has 0 saturated carbocycles. The van der Waals surface area contributed by atoms with Crippen molar-refractivity contribution in [1.82, 2.24) is 9.13 Å². The van der Waals surface area contributed by atoms with E-state index in [0.29, 0.717) is 0 Å². The van der Waals surface area contributed by atoms with Gasteiger partial charge in [0.1, 0.15) is 0 Å². The van der Waals surface area contributed by atoms with Crippen LogP contribution in [-0.4, -0.2) is 9.13 Å². The summed E-state index contributed by atoms with van der Waals surface area (Å²) in [6.45, 7) is 0. The predicted octanol–water partition coefficient (Wildman–Crippen LogP) is 10.3. The summed E-state index contributed by atoms with van der Waals surface area (Å²) < 4.78 is 6.06. The Morgan fingerprint density at radius 2 is 0.949 bits per heavy atom. The predicted molar refractivity (Wildman–Crippen MR) is 167 cm³/mol. The molecule has 0 atom stereocenters. The van der Waals surface area contributed by atoms with Gasteiger partial charge in [0.25, 0.3) is 0 Å². The van der Waals surface area contributed by atoms with Gasteiger partial charge in [0.05, 0.1) is 27.8 Å². The number of fused-ring (bicyclic) bond motifs is 12. The maximum absolute atomic E-state index is 3.64. The lowest BCUT2D eigenvalue weighted by atomic mass is 9.94. The van der Waals surface area contributed by atoms with Gasteiger partial charge in [-0.25, -0.2) is 0 Å². The van der Waals surface area contributed by atoms with E-state index in [2.05, 4.69) is 152 Å². The van der Waals surface area contributed by atoms with E-state index in [1.807, 2.05) is 0 Å². The first-order valence-corrected chi connectivity index (χ1v) is 14.0. The summed E-state index contributed by atoms with van der Waals surface area (Å²) in [6.07, 6.45) is 0. The number of halogens is 1. The van der Waals surface area contributed by atoms with Crippen LogP contribution in [0.4, 0.5) is 0 Å². The molecule has 0 unspecified atom stereocenters. The molecule has 0 spiro atoms. The van der Waals surface area contributed by atoms with E-state index in [9.17, 15) is 0 Å². The van der Waals surface area contributed by atoms with Crippen molar-refractivity contribution in [2.45, 2.75) is 0 Å². The monoisotopic (exact) mass is 560 g/mol. The van der Waals surface area contributed by atoms with Crippen LogP contribution in [0.5, 0.6) is 0 Å². The number of rotatable bonds is 1. The second-order valence-corrected chi connectivity index (χ2v) is 11.2. The molecule has 2 aromatic heterocycles. The van der Waals surface area contributed by atoms with E-state index in [4.69, 9.17) is 0 Å². The second-order valence-electron chi connectivity index (χ2n) is 10.3. The molecule has 1 aliphatic heterocycles. The average Bonchev–Trinajstić information content (AvgIpc) is 3.47. The van der Waals surface area contributed by atoms with E-state index < -0.39 is 0 Å². The van der Waals surface area contributed by atoms with Crippen molar-refractivity contribution < 1.29 is 0 Å². The zero-order valence-corrected chi connectivity index (χ0v) is 22.5. The fourth-order valence-corrected chi connectivity index (χ4v) is 7.03. The highest BCUT2D eigenvalue weighted by molar-refractivity contribution is 9.10. The van der Waals surface area contributed by atoms with E-state index in [1.54, 1.807) is 0 Å². The molecule has 1 aliphatic rings. The van der Waals surface area contributed by atoms with Gasteiger partial charge in [0.15, 0.2) is 0 Å². The minimum Gasteiger partial charge on any atom is -0.307 e. The van der Waals surface area contributed by atoms with Crippen LogP contribution >= 0.6 is 15.9 Å². The maximum Gasteiger partial charge on any atom is 0.0789 e. The van der Waals surface area contributed by atoms with Crippen molar-refractivity contribution >= 4 is 59.5 Å². The van der Waals surface area contributed by atoms with Gasteiger partial charge in [-0.2, -0.15) is 0 Å². The third-order valence-corrected chi connectivity index (χ3v) is 8.85. The zero-order chi connectivity index (χ0) is 25.7. The first-order chi connectivity index (χ1) is 19.3. The number of hydrogen-bond acceptors (Lipinski definition) is 0. The summed E-state index contributed by atoms with van der Waals surface area (Å²) in [4.78, 5) is 0. The van der Waals surface area contributed by atoms with Gasteiger partial charge in [0, 0.05) is 42.8 Å². The molecule has 39 heavy (non-hydrogen) atoms. The first kappa shape index (κ1) is 21.3. The molecule has 182 valence electrons. The standard InChI is InChI=1S/C36H21BrN2/c37-22-16-18-23(19-17-22)38-32-14-5-4-11-27(32)30-20-21-31-29-13-7-12-28-25-9-2-1-8-24(25)26-10-3-6-15-33(26)39(34(28)29)36(31)35(30)38/h1-21H. The van der Waals surface area contributed by atoms with Crippen molar-refractivity contribution in [2.24, 2.45) is 0 Å². The van der Waals surface area contributed by atoms with Gasteiger partial charge < -0.3 is 9.13 Å². The van der Waals surface area contributed by atoms with E-state index in [0.717, 1.165) is 10.2 Å². The van der Waals surface area contributed by atoms with Gasteiger partial charge in [-0.15, -0.1) is 0 Å². The van der Waals surface area contributed by atoms with Crippen LogP contribution in [0.2, 0.25) is 0 Å². The Labute approximate surface area is 233 Å². The van der Waals surface area contributed by atoms with Gasteiger partial charge in [-0.1, -0.05) is 107 Å². The molecule has 3 heterocycles. The molecule has 0 aliphatic carbocycles. The molecule has 3 heteroatoms. The number of benzene rings is 6. The average molecular weight is 561 g/mol. The molecule has 0 amide bonds. The van der Waals surface area contributed by atoms with Crippen molar-refractivity contribution in [3.05, 3.63) is 132 Å². The highest BCUT2D eigenvalue weighted by Crippen LogP contribution is 2.48. The highest BCUT2D eigenvalue weighted by atomic mass is 79.9. The second kappa shape index (κ2) is 7.72. The molecule has 8 aromatic rings. The van der Waals surface area contributed by atoms with E-state index in [-0.39, 0.29) is 0 Å². The normalized spacial score (nSPS) is 12.2. The maximum atomic E-state index is 3.64. The lowest BCUT2D eigenvalue weighted by molar-refractivity contribution is 1.15. The summed E-state index contributed by atoms with van der Waals surface area (Å²) in [7, 11) is 0. The van der Waals surface area contributed by atoms with Crippen molar-refractivity contribution in [3.63, 3.8) is 0 Å². The minimum absolute atomic E-state index is 1.08. The Balaban J connectivity index is 1.59. The highest BCUT2D eigenvalue weighted by Gasteiger charge is 2.26. The topological polar surface area (TPSA) is 9.86 Å². The summed E-state index contributed by atoms with van der Waals surface area (Å²) in [6, 6.07) is 46.6. The quantitative estimate of drug-likeness (QED) is 0.189. The van der Waals surface area contributed by atoms with E-state index in [1.165, 1.54) is 71.6 Å². The fourth-order valence-electron chi connectivity index (χ4n) is 6.76. The number of aromatic nitrogens is 2. The van der Waals surface area contributed by atoms with Gasteiger partial charge >= 0.3 is 0 Å². The molecule has 0 radical (unpaired) electrons. The number of para-hydroxylation sites is 3. The van der Waals surface area contributed by atoms with Gasteiger partial charge in [-0.3, -0.25) is 0 Å². The zero-order valence-electron chi connectivity index (χ0n) is 20.9. The molecular weight excluding hydrogens is 540 g/mol. The third kappa shape index (κ3) is 2.75. The summed E-state index contributed by atoms with van der Waals surface area (Å²) in [5.74, 6) is 0. The van der Waals surface area contributed by atoms with Crippen molar-refractivity contribution in [3.8, 4) is 33.6 Å². The first-order valence-electron chi connectivity index (χ1n) is 13.2. The molecule has 9 rings (SSSR count). The lowest BCUT2D eigenvalue weighted by Crippen LogP contribution is -1.99. The third-order valence-electron chi connectivity index (χ3n) is 8.32. The van der Waals surface area contributed by atoms with Crippen LogP contribution in [-0.2, 0) is 0 Å². The Morgan fingerprint density at radius 3 is 1.77 bits per heavy atom. The number of nitrogens with zero attached hydrogens (tertiary/aromatic N) is 2. The van der Waals surface area contributed by atoms with Crippen LogP contribution in [0, 0.1) is 0 Å². The molecular formula is C36H21BrN2.